The first kappa shape index (κ1) is 17.2. The van der Waals surface area contributed by atoms with E-state index in [1.807, 2.05) is 24.3 Å². The SMILES string of the molecule is Cc1occc1C(=O)NNC(=O)C1CC(=O)N(c2cccc(Br)c2)C1. The number of nitrogens with zero attached hydrogens (tertiary/aromatic N) is 1. The molecule has 1 saturated heterocycles. The lowest BCUT2D eigenvalue weighted by atomic mass is 10.1. The third-order valence-corrected chi connectivity index (χ3v) is 4.51. The number of hydrazine groups is 1. The van der Waals surface area contributed by atoms with Gasteiger partial charge in [0.05, 0.1) is 17.7 Å². The number of benzene rings is 1. The maximum atomic E-state index is 12.3. The van der Waals surface area contributed by atoms with E-state index in [0.717, 1.165) is 10.2 Å². The molecule has 1 unspecified atom stereocenters. The van der Waals surface area contributed by atoms with Crippen LogP contribution in [0.5, 0.6) is 0 Å². The molecule has 1 aliphatic heterocycles. The van der Waals surface area contributed by atoms with Crippen molar-refractivity contribution in [1.29, 1.82) is 0 Å². The molecule has 0 saturated carbocycles. The van der Waals surface area contributed by atoms with Gasteiger partial charge in [0.2, 0.25) is 11.8 Å². The summed E-state index contributed by atoms with van der Waals surface area (Å²) in [5.41, 5.74) is 5.80. The average molecular weight is 406 g/mol. The summed E-state index contributed by atoms with van der Waals surface area (Å²) in [5.74, 6) is -1.07. The molecule has 0 bridgehead atoms. The first-order valence-electron chi connectivity index (χ1n) is 7.66. The van der Waals surface area contributed by atoms with E-state index >= 15 is 0 Å². The molecule has 1 fully saturated rings. The Morgan fingerprint density at radius 3 is 2.76 bits per heavy atom. The number of nitrogens with one attached hydrogen (secondary N) is 2. The number of furan rings is 1. The van der Waals surface area contributed by atoms with Gasteiger partial charge < -0.3 is 9.32 Å². The number of anilines is 1. The summed E-state index contributed by atoms with van der Waals surface area (Å²) in [6.07, 6.45) is 1.50. The van der Waals surface area contributed by atoms with Gasteiger partial charge in [-0.2, -0.15) is 0 Å². The van der Waals surface area contributed by atoms with E-state index in [4.69, 9.17) is 4.42 Å². The second kappa shape index (κ2) is 7.10. The molecule has 1 aliphatic rings. The Hall–Kier alpha value is -2.61. The molecule has 0 radical (unpaired) electrons. The smallest absolute Gasteiger partial charge is 0.273 e. The zero-order valence-corrected chi connectivity index (χ0v) is 15.0. The first-order valence-corrected chi connectivity index (χ1v) is 8.45. The first-order chi connectivity index (χ1) is 12.0. The van der Waals surface area contributed by atoms with E-state index in [9.17, 15) is 14.4 Å². The number of hydrogen-bond donors (Lipinski definition) is 2. The molecule has 7 nitrogen and oxygen atoms in total. The molecule has 2 heterocycles. The zero-order chi connectivity index (χ0) is 18.0. The summed E-state index contributed by atoms with van der Waals surface area (Å²) < 4.78 is 5.91. The maximum Gasteiger partial charge on any atom is 0.273 e. The monoisotopic (exact) mass is 405 g/mol. The van der Waals surface area contributed by atoms with Crippen LogP contribution in [0.25, 0.3) is 0 Å². The molecule has 130 valence electrons. The molecular weight excluding hydrogens is 390 g/mol. The summed E-state index contributed by atoms with van der Waals surface area (Å²) in [6.45, 7) is 1.92. The Morgan fingerprint density at radius 1 is 1.28 bits per heavy atom. The number of carbonyl (C=O) groups is 3. The van der Waals surface area contributed by atoms with Crippen LogP contribution in [0.15, 0.2) is 45.5 Å². The predicted molar refractivity (Wildman–Crippen MR) is 93.7 cm³/mol. The quantitative estimate of drug-likeness (QED) is 0.765. The molecule has 1 aromatic heterocycles. The van der Waals surface area contributed by atoms with Crippen molar-refractivity contribution >= 4 is 39.3 Å². The van der Waals surface area contributed by atoms with Crippen LogP contribution in [0.1, 0.15) is 22.5 Å². The van der Waals surface area contributed by atoms with E-state index in [0.29, 0.717) is 11.3 Å². The minimum absolute atomic E-state index is 0.0962. The lowest BCUT2D eigenvalue weighted by Gasteiger charge is -2.17. The summed E-state index contributed by atoms with van der Waals surface area (Å²) >= 11 is 3.37. The highest BCUT2D eigenvalue weighted by Crippen LogP contribution is 2.27. The maximum absolute atomic E-state index is 12.3. The molecule has 0 aliphatic carbocycles. The highest BCUT2D eigenvalue weighted by Gasteiger charge is 2.35. The van der Waals surface area contributed by atoms with Crippen LogP contribution in [0.3, 0.4) is 0 Å². The lowest BCUT2D eigenvalue weighted by molar-refractivity contribution is -0.126. The minimum Gasteiger partial charge on any atom is -0.469 e. The standard InChI is InChI=1S/C17H16BrN3O4/c1-10-14(5-6-25-10)17(24)20-19-16(23)11-7-15(22)21(9-11)13-4-2-3-12(18)8-13/h2-6,8,11H,7,9H2,1H3,(H,19,23)(H,20,24). The van der Waals surface area contributed by atoms with Crippen LogP contribution in [0, 0.1) is 12.8 Å². The molecule has 3 rings (SSSR count). The van der Waals surface area contributed by atoms with Gasteiger partial charge in [-0.25, -0.2) is 0 Å². The minimum atomic E-state index is -0.530. The van der Waals surface area contributed by atoms with Gasteiger partial charge in [-0.3, -0.25) is 25.2 Å². The van der Waals surface area contributed by atoms with Crippen molar-refractivity contribution in [1.82, 2.24) is 10.9 Å². The number of hydrogen-bond acceptors (Lipinski definition) is 4. The van der Waals surface area contributed by atoms with E-state index < -0.39 is 17.7 Å². The highest BCUT2D eigenvalue weighted by molar-refractivity contribution is 9.10. The van der Waals surface area contributed by atoms with Gasteiger partial charge >= 0.3 is 0 Å². The summed E-state index contributed by atoms with van der Waals surface area (Å²) in [5, 5.41) is 0. The zero-order valence-electron chi connectivity index (χ0n) is 13.4. The summed E-state index contributed by atoms with van der Waals surface area (Å²) in [6, 6.07) is 8.84. The van der Waals surface area contributed by atoms with E-state index in [1.165, 1.54) is 12.3 Å². The second-order valence-electron chi connectivity index (χ2n) is 5.72. The molecule has 2 aromatic rings. The number of halogens is 1. The van der Waals surface area contributed by atoms with Crippen molar-refractivity contribution in [3.8, 4) is 0 Å². The number of aryl methyl sites for hydroxylation is 1. The van der Waals surface area contributed by atoms with Gasteiger partial charge in [0.15, 0.2) is 0 Å². The van der Waals surface area contributed by atoms with Crippen molar-refractivity contribution in [2.24, 2.45) is 5.92 Å². The lowest BCUT2D eigenvalue weighted by Crippen LogP contribution is -2.45. The average Bonchev–Trinajstić information content (AvgIpc) is 3.18. The van der Waals surface area contributed by atoms with Gasteiger partial charge in [-0.15, -0.1) is 0 Å². The molecule has 1 atom stereocenters. The predicted octanol–water partition coefficient (Wildman–Crippen LogP) is 2.16. The Bertz CT molecular complexity index is 833. The van der Waals surface area contributed by atoms with Crippen molar-refractivity contribution in [2.45, 2.75) is 13.3 Å². The fourth-order valence-corrected chi connectivity index (χ4v) is 3.07. The number of amides is 3. The van der Waals surface area contributed by atoms with E-state index in [1.54, 1.807) is 11.8 Å². The van der Waals surface area contributed by atoms with Crippen molar-refractivity contribution < 1.29 is 18.8 Å². The van der Waals surface area contributed by atoms with Crippen LogP contribution in [0.4, 0.5) is 5.69 Å². The third-order valence-electron chi connectivity index (χ3n) is 4.02. The van der Waals surface area contributed by atoms with Crippen LogP contribution < -0.4 is 15.8 Å². The molecule has 3 amide bonds. The van der Waals surface area contributed by atoms with Crippen molar-refractivity contribution in [3.05, 3.63) is 52.4 Å². The fraction of sp³-hybridized carbons (Fsp3) is 0.235. The Balaban J connectivity index is 1.59. The molecule has 1 aromatic carbocycles. The normalized spacial score (nSPS) is 16.8. The van der Waals surface area contributed by atoms with Gasteiger partial charge in [0, 0.05) is 23.1 Å². The summed E-state index contributed by atoms with van der Waals surface area (Å²) in [4.78, 5) is 38.0. The van der Waals surface area contributed by atoms with Crippen molar-refractivity contribution in [3.63, 3.8) is 0 Å². The van der Waals surface area contributed by atoms with Crippen LogP contribution >= 0.6 is 15.9 Å². The Kier molecular flexibility index (Phi) is 4.89. The van der Waals surface area contributed by atoms with Gasteiger partial charge in [0.25, 0.3) is 5.91 Å². The highest BCUT2D eigenvalue weighted by atomic mass is 79.9. The fourth-order valence-electron chi connectivity index (χ4n) is 2.69. The molecule has 0 spiro atoms. The molecule has 25 heavy (non-hydrogen) atoms. The molecular formula is C17H16BrN3O4. The van der Waals surface area contributed by atoms with E-state index in [2.05, 4.69) is 26.8 Å². The van der Waals surface area contributed by atoms with E-state index in [-0.39, 0.29) is 18.9 Å². The largest absolute Gasteiger partial charge is 0.469 e. The van der Waals surface area contributed by atoms with Crippen molar-refractivity contribution in [2.75, 3.05) is 11.4 Å². The van der Waals surface area contributed by atoms with Gasteiger partial charge in [-0.1, -0.05) is 22.0 Å². The number of rotatable bonds is 3. The Labute approximate surface area is 152 Å². The summed E-state index contributed by atoms with van der Waals surface area (Å²) in [7, 11) is 0. The van der Waals surface area contributed by atoms with Crippen LogP contribution in [-0.4, -0.2) is 24.3 Å². The molecule has 8 heteroatoms. The van der Waals surface area contributed by atoms with Gasteiger partial charge in [-0.05, 0) is 31.2 Å². The Morgan fingerprint density at radius 2 is 2.08 bits per heavy atom. The van der Waals surface area contributed by atoms with Crippen LogP contribution in [-0.2, 0) is 9.59 Å². The van der Waals surface area contributed by atoms with Crippen LogP contribution in [0.2, 0.25) is 0 Å². The topological polar surface area (TPSA) is 91.6 Å². The third kappa shape index (κ3) is 3.74. The number of carbonyl (C=O) groups excluding carboxylic acids is 3. The molecule has 2 N–H and O–H groups in total. The second-order valence-corrected chi connectivity index (χ2v) is 6.63. The van der Waals surface area contributed by atoms with Gasteiger partial charge in [0.1, 0.15) is 5.76 Å².